The largest absolute Gasteiger partial charge is 0.460 e. The second-order valence-electron chi connectivity index (χ2n) is 7.35. The van der Waals surface area contributed by atoms with Gasteiger partial charge in [-0.25, -0.2) is 15.0 Å². The Morgan fingerprint density at radius 3 is 2.97 bits per heavy atom. The first-order valence-corrected chi connectivity index (χ1v) is 9.78. The zero-order valence-corrected chi connectivity index (χ0v) is 16.3. The third-order valence-corrected chi connectivity index (χ3v) is 5.41. The molecule has 3 heterocycles. The van der Waals surface area contributed by atoms with Gasteiger partial charge in [-0.1, -0.05) is 24.3 Å². The van der Waals surface area contributed by atoms with Gasteiger partial charge in [0, 0.05) is 26.2 Å². The molecule has 4 atom stereocenters. The first-order chi connectivity index (χ1) is 14.6. The Labute approximate surface area is 173 Å². The average Bonchev–Trinajstić information content (AvgIpc) is 3.45. The number of anilines is 1. The summed E-state index contributed by atoms with van der Waals surface area (Å²) in [6.07, 6.45) is 6.36. The molecule has 2 aliphatic rings. The lowest BCUT2D eigenvalue weighted by molar-refractivity contribution is -0.146. The topological polar surface area (TPSA) is 111 Å². The number of nitrogens with zero attached hydrogens (tertiary/aromatic N) is 4. The zero-order valence-electron chi connectivity index (χ0n) is 16.3. The molecule has 9 nitrogen and oxygen atoms in total. The number of carbonyl (C=O) groups is 1. The van der Waals surface area contributed by atoms with Crippen molar-refractivity contribution in [3.8, 4) is 0 Å². The normalized spacial score (nSPS) is 25.4. The number of carbonyl (C=O) groups excluding carboxylic acids is 1. The molecular formula is C21H21N5O4. The van der Waals surface area contributed by atoms with Gasteiger partial charge in [-0.2, -0.15) is 0 Å². The molecule has 0 saturated carbocycles. The molecule has 5 rings (SSSR count). The predicted octanol–water partition coefficient (Wildman–Crippen LogP) is 1.77. The van der Waals surface area contributed by atoms with Gasteiger partial charge in [0.15, 0.2) is 17.0 Å². The Morgan fingerprint density at radius 1 is 1.30 bits per heavy atom. The number of nitrogens with one attached hydrogen (secondary N) is 1. The van der Waals surface area contributed by atoms with Crippen molar-refractivity contribution in [3.63, 3.8) is 0 Å². The van der Waals surface area contributed by atoms with Gasteiger partial charge in [0.1, 0.15) is 18.7 Å². The van der Waals surface area contributed by atoms with Crippen LogP contribution in [-0.2, 0) is 20.7 Å². The highest BCUT2D eigenvalue weighted by Crippen LogP contribution is 2.37. The van der Waals surface area contributed by atoms with Crippen molar-refractivity contribution in [3.05, 3.63) is 60.9 Å². The Kier molecular flexibility index (Phi) is 4.84. The summed E-state index contributed by atoms with van der Waals surface area (Å²) >= 11 is 0. The highest BCUT2D eigenvalue weighted by molar-refractivity contribution is 5.83. The molecule has 2 radical (unpaired) electrons. The van der Waals surface area contributed by atoms with Crippen LogP contribution in [0.2, 0.25) is 0 Å². The molecule has 0 amide bonds. The molecule has 2 aromatic heterocycles. The molecule has 0 spiro atoms. The third kappa shape index (κ3) is 3.29. The lowest BCUT2D eigenvalue weighted by atomic mass is 10.1. The lowest BCUT2D eigenvalue weighted by Gasteiger charge is -2.22. The maximum absolute atomic E-state index is 11.6. The Bertz CT molecular complexity index is 1080. The molecule has 2 N–H and O–H groups in total. The van der Waals surface area contributed by atoms with Crippen LogP contribution in [0.25, 0.3) is 11.2 Å². The molecule has 1 aliphatic carbocycles. The van der Waals surface area contributed by atoms with E-state index >= 15 is 0 Å². The standard InChI is InChI=1S/C21H21N5O4/c1-12(28)29-16-8-13-4-2-3-5-15(13)18(16)25-20-19-21(23-10-22-20)26(11-24-19)17-7-6-14(9-27)30-17/h2-7,10-11,14,16-18,27H,8-9H2,1H3,(H,22,23,25)/t14-,16+,17-,18-/m1/s1. The highest BCUT2D eigenvalue weighted by Gasteiger charge is 2.35. The predicted molar refractivity (Wildman–Crippen MR) is 107 cm³/mol. The van der Waals surface area contributed by atoms with Gasteiger partial charge < -0.3 is 19.9 Å². The fraction of sp³-hybridized carbons (Fsp3) is 0.333. The smallest absolute Gasteiger partial charge is 0.302 e. The van der Waals surface area contributed by atoms with Gasteiger partial charge in [-0.3, -0.25) is 9.36 Å². The number of fused-ring (bicyclic) bond motifs is 2. The van der Waals surface area contributed by atoms with Gasteiger partial charge in [0.25, 0.3) is 0 Å². The number of hydrogen-bond acceptors (Lipinski definition) is 8. The fourth-order valence-electron chi connectivity index (χ4n) is 4.09. The van der Waals surface area contributed by atoms with Crippen molar-refractivity contribution in [2.45, 2.75) is 37.8 Å². The molecule has 0 unspecified atom stereocenters. The van der Waals surface area contributed by atoms with E-state index in [1.165, 1.54) is 13.3 Å². The van der Waals surface area contributed by atoms with Crippen LogP contribution in [0, 0.1) is 12.8 Å². The summed E-state index contributed by atoms with van der Waals surface area (Å²) in [7, 11) is 0. The highest BCUT2D eigenvalue weighted by atomic mass is 16.5. The van der Waals surface area contributed by atoms with Crippen LogP contribution in [0.1, 0.15) is 30.3 Å². The molecule has 1 aliphatic heterocycles. The maximum atomic E-state index is 11.6. The van der Waals surface area contributed by atoms with E-state index in [-0.39, 0.29) is 30.8 Å². The van der Waals surface area contributed by atoms with E-state index in [1.54, 1.807) is 10.9 Å². The molecule has 0 bridgehead atoms. The van der Waals surface area contributed by atoms with Crippen LogP contribution in [0.5, 0.6) is 0 Å². The van der Waals surface area contributed by atoms with Crippen LogP contribution in [0.4, 0.5) is 5.82 Å². The Balaban J connectivity index is 1.47. The molecule has 1 aromatic carbocycles. The molecule has 9 heteroatoms. The van der Waals surface area contributed by atoms with E-state index in [4.69, 9.17) is 9.47 Å². The summed E-state index contributed by atoms with van der Waals surface area (Å²) in [6.45, 7) is 1.33. The van der Waals surface area contributed by atoms with E-state index < -0.39 is 6.23 Å². The van der Waals surface area contributed by atoms with Gasteiger partial charge in [0.2, 0.25) is 0 Å². The van der Waals surface area contributed by atoms with Gasteiger partial charge in [0.05, 0.1) is 25.1 Å². The number of benzene rings is 1. The molecular weight excluding hydrogens is 386 g/mol. The van der Waals surface area contributed by atoms with Gasteiger partial charge in [-0.05, 0) is 11.1 Å². The minimum absolute atomic E-state index is 0.0833. The quantitative estimate of drug-likeness (QED) is 0.616. The first kappa shape index (κ1) is 19.0. The van der Waals surface area contributed by atoms with Gasteiger partial charge >= 0.3 is 5.97 Å². The first-order valence-electron chi connectivity index (χ1n) is 9.78. The molecule has 1 fully saturated rings. The second-order valence-corrected chi connectivity index (χ2v) is 7.35. The summed E-state index contributed by atoms with van der Waals surface area (Å²) in [6, 6.07) is 7.77. The summed E-state index contributed by atoms with van der Waals surface area (Å²) in [5.74, 6) is 0.235. The van der Waals surface area contributed by atoms with Crippen LogP contribution < -0.4 is 5.32 Å². The number of imidazole rings is 1. The Hall–Kier alpha value is -3.04. The zero-order chi connectivity index (χ0) is 20.7. The Morgan fingerprint density at radius 2 is 2.17 bits per heavy atom. The van der Waals surface area contributed by atoms with Crippen molar-refractivity contribution in [2.24, 2.45) is 0 Å². The molecule has 3 aromatic rings. The van der Waals surface area contributed by atoms with E-state index in [9.17, 15) is 9.90 Å². The summed E-state index contributed by atoms with van der Waals surface area (Å²) in [5.41, 5.74) is 3.41. The monoisotopic (exact) mass is 407 g/mol. The minimum atomic E-state index is -0.393. The van der Waals surface area contributed by atoms with Crippen LogP contribution in [-0.4, -0.2) is 49.4 Å². The van der Waals surface area contributed by atoms with Crippen molar-refractivity contribution in [1.29, 1.82) is 0 Å². The number of aromatic nitrogens is 4. The molecule has 30 heavy (non-hydrogen) atoms. The fourth-order valence-corrected chi connectivity index (χ4v) is 4.09. The van der Waals surface area contributed by atoms with E-state index in [2.05, 4.69) is 20.3 Å². The van der Waals surface area contributed by atoms with Crippen LogP contribution in [0.15, 0.2) is 36.9 Å². The number of rotatable bonds is 5. The van der Waals surface area contributed by atoms with E-state index in [0.717, 1.165) is 11.1 Å². The van der Waals surface area contributed by atoms with Crippen molar-refractivity contribution in [1.82, 2.24) is 19.5 Å². The van der Waals surface area contributed by atoms with E-state index in [1.807, 2.05) is 37.1 Å². The van der Waals surface area contributed by atoms with Crippen LogP contribution in [0.3, 0.4) is 0 Å². The van der Waals surface area contributed by atoms with Crippen LogP contribution >= 0.6 is 0 Å². The summed E-state index contributed by atoms with van der Waals surface area (Å²) in [4.78, 5) is 24.9. The van der Waals surface area contributed by atoms with Crippen molar-refractivity contribution in [2.75, 3.05) is 11.9 Å². The molecule has 154 valence electrons. The van der Waals surface area contributed by atoms with Gasteiger partial charge in [-0.15, -0.1) is 0 Å². The SMILES string of the molecule is CC(=O)O[C@H]1Cc2ccccc2[C@H]1Nc1ncnc2c1ncn2[C@H]1[CH][CH][C@H](CO)O1. The molecule has 1 saturated heterocycles. The second kappa shape index (κ2) is 7.66. The third-order valence-electron chi connectivity index (χ3n) is 5.41. The number of ether oxygens (including phenoxy) is 2. The van der Waals surface area contributed by atoms with E-state index in [0.29, 0.717) is 23.4 Å². The maximum Gasteiger partial charge on any atom is 0.302 e. The van der Waals surface area contributed by atoms with Crippen molar-refractivity contribution < 1.29 is 19.4 Å². The minimum Gasteiger partial charge on any atom is -0.460 e. The summed E-state index contributed by atoms with van der Waals surface area (Å²) < 4.78 is 13.1. The number of hydrogen-bond donors (Lipinski definition) is 2. The van der Waals surface area contributed by atoms with Crippen molar-refractivity contribution >= 4 is 23.0 Å². The number of aliphatic hydroxyl groups is 1. The number of aliphatic hydroxyl groups excluding tert-OH is 1. The average molecular weight is 407 g/mol. The number of esters is 1. The lowest BCUT2D eigenvalue weighted by Crippen LogP contribution is -2.27. The summed E-state index contributed by atoms with van der Waals surface area (Å²) in [5, 5.41) is 12.7.